The molecule has 0 aromatic heterocycles. The van der Waals surface area contributed by atoms with E-state index in [2.05, 4.69) is 0 Å². The van der Waals surface area contributed by atoms with Gasteiger partial charge in [-0.3, -0.25) is 0 Å². The van der Waals surface area contributed by atoms with E-state index in [1.165, 1.54) is 17.8 Å². The number of halogens is 1. The van der Waals surface area contributed by atoms with E-state index in [0.717, 1.165) is 17.6 Å². The maximum Gasteiger partial charge on any atom is 0.494 e. The number of methoxy groups -OCH3 is 1. The van der Waals surface area contributed by atoms with Crippen LogP contribution in [0.2, 0.25) is 0 Å². The Kier molecular flexibility index (Phi) is 5.59. The van der Waals surface area contributed by atoms with Gasteiger partial charge in [0.2, 0.25) is 0 Å². The van der Waals surface area contributed by atoms with Crippen LogP contribution in [-0.2, 0) is 14.0 Å². The smallest absolute Gasteiger partial charge is 0.399 e. The van der Waals surface area contributed by atoms with E-state index in [9.17, 15) is 4.39 Å². The minimum Gasteiger partial charge on any atom is -0.399 e. The Balaban J connectivity index is 2.04. The first kappa shape index (κ1) is 17.8. The van der Waals surface area contributed by atoms with Crippen LogP contribution in [0.4, 0.5) is 4.39 Å². The lowest BCUT2D eigenvalue weighted by Gasteiger charge is -2.32. The van der Waals surface area contributed by atoms with Crippen molar-refractivity contribution in [3.05, 3.63) is 24.0 Å². The number of ether oxygens (including phenoxy) is 1. The van der Waals surface area contributed by atoms with Crippen molar-refractivity contribution in [1.29, 1.82) is 0 Å². The lowest BCUT2D eigenvalue weighted by atomic mass is 9.79. The summed E-state index contributed by atoms with van der Waals surface area (Å²) < 4.78 is 31.1. The highest BCUT2D eigenvalue weighted by atomic mass is 32.2. The van der Waals surface area contributed by atoms with E-state index in [1.54, 1.807) is 13.2 Å². The predicted octanol–water partition coefficient (Wildman–Crippen LogP) is 3.25. The van der Waals surface area contributed by atoms with Crippen LogP contribution in [0.1, 0.15) is 34.1 Å². The molecule has 1 fully saturated rings. The summed E-state index contributed by atoms with van der Waals surface area (Å²) in [6.07, 6.45) is 0.902. The van der Waals surface area contributed by atoms with E-state index in [0.29, 0.717) is 11.5 Å². The molecule has 0 unspecified atom stereocenters. The Hall–Kier alpha value is -0.555. The zero-order valence-corrected chi connectivity index (χ0v) is 14.8. The molecule has 0 atom stereocenters. The second kappa shape index (κ2) is 6.91. The summed E-state index contributed by atoms with van der Waals surface area (Å²) in [4.78, 5) is 0.649. The molecule has 1 aromatic carbocycles. The summed E-state index contributed by atoms with van der Waals surface area (Å²) >= 11 is 1.50. The summed E-state index contributed by atoms with van der Waals surface area (Å²) in [5.41, 5.74) is -0.110. The average molecular weight is 326 g/mol. The van der Waals surface area contributed by atoms with Gasteiger partial charge in [0.05, 0.1) is 11.2 Å². The van der Waals surface area contributed by atoms with E-state index in [-0.39, 0.29) is 5.82 Å². The highest BCUT2D eigenvalue weighted by molar-refractivity contribution is 7.99. The molecule has 1 aliphatic heterocycles. The fourth-order valence-electron chi connectivity index (χ4n) is 2.15. The Bertz CT molecular complexity index is 506. The number of hydrogen-bond acceptors (Lipinski definition) is 4. The Labute approximate surface area is 137 Å². The van der Waals surface area contributed by atoms with Gasteiger partial charge in [-0.2, -0.15) is 0 Å². The largest absolute Gasteiger partial charge is 0.494 e. The second-order valence-corrected chi connectivity index (χ2v) is 7.61. The van der Waals surface area contributed by atoms with Gasteiger partial charge >= 0.3 is 7.12 Å². The van der Waals surface area contributed by atoms with Crippen LogP contribution in [-0.4, -0.2) is 37.8 Å². The normalized spacial score (nSPS) is 19.6. The fourth-order valence-corrected chi connectivity index (χ4v) is 2.99. The summed E-state index contributed by atoms with van der Waals surface area (Å²) in [7, 11) is 1.15. The first-order valence-corrected chi connectivity index (χ1v) is 8.52. The number of benzene rings is 1. The molecule has 1 aliphatic rings. The first-order valence-electron chi connectivity index (χ1n) is 7.54. The van der Waals surface area contributed by atoms with Gasteiger partial charge in [-0.05, 0) is 51.7 Å². The lowest BCUT2D eigenvalue weighted by molar-refractivity contribution is 0.00578. The third-order valence-corrected chi connectivity index (χ3v) is 5.37. The van der Waals surface area contributed by atoms with Crippen molar-refractivity contribution in [3.63, 3.8) is 0 Å². The van der Waals surface area contributed by atoms with Crippen molar-refractivity contribution in [2.75, 3.05) is 19.5 Å². The average Bonchev–Trinajstić information content (AvgIpc) is 2.65. The van der Waals surface area contributed by atoms with Crippen molar-refractivity contribution < 1.29 is 18.4 Å². The monoisotopic (exact) mass is 326 g/mol. The van der Waals surface area contributed by atoms with Crippen LogP contribution in [0.15, 0.2) is 23.1 Å². The Morgan fingerprint density at radius 2 is 1.82 bits per heavy atom. The van der Waals surface area contributed by atoms with Gasteiger partial charge in [-0.15, -0.1) is 11.8 Å². The van der Waals surface area contributed by atoms with Crippen molar-refractivity contribution in [1.82, 2.24) is 0 Å². The molecule has 1 heterocycles. The van der Waals surface area contributed by atoms with Crippen LogP contribution in [0.3, 0.4) is 0 Å². The lowest BCUT2D eigenvalue weighted by Crippen LogP contribution is -2.41. The van der Waals surface area contributed by atoms with E-state index < -0.39 is 18.3 Å². The molecule has 0 aliphatic carbocycles. The molecular formula is C16H24BFO3S. The molecule has 2 rings (SSSR count). The first-order chi connectivity index (χ1) is 10.3. The maximum atomic E-state index is 14.2. The van der Waals surface area contributed by atoms with Gasteiger partial charge in [-0.1, -0.05) is 6.07 Å². The quantitative estimate of drug-likeness (QED) is 0.456. The van der Waals surface area contributed by atoms with Gasteiger partial charge in [0.1, 0.15) is 5.82 Å². The van der Waals surface area contributed by atoms with Gasteiger partial charge in [0.15, 0.2) is 0 Å². The van der Waals surface area contributed by atoms with Gasteiger partial charge in [0, 0.05) is 24.4 Å². The van der Waals surface area contributed by atoms with Crippen molar-refractivity contribution in [3.8, 4) is 0 Å². The summed E-state index contributed by atoms with van der Waals surface area (Å²) in [6, 6.07) is 5.19. The molecule has 0 saturated carbocycles. The third-order valence-electron chi connectivity index (χ3n) is 4.23. The highest BCUT2D eigenvalue weighted by Gasteiger charge is 2.51. The van der Waals surface area contributed by atoms with Gasteiger partial charge < -0.3 is 14.0 Å². The predicted molar refractivity (Wildman–Crippen MR) is 89.3 cm³/mol. The standard InChI is InChI=1S/C16H24BFO3S/c1-15(2)16(3,4)21-17(20-15)12-7-8-14(13(18)11-12)22-10-6-9-19-5/h7-8,11H,6,9-10H2,1-5H3. The van der Waals surface area contributed by atoms with E-state index in [1.807, 2.05) is 33.8 Å². The fraction of sp³-hybridized carbons (Fsp3) is 0.625. The van der Waals surface area contributed by atoms with Crippen LogP contribution in [0.25, 0.3) is 0 Å². The zero-order chi connectivity index (χ0) is 16.4. The third kappa shape index (κ3) is 3.85. The topological polar surface area (TPSA) is 27.7 Å². The molecule has 1 aromatic rings. The maximum absolute atomic E-state index is 14.2. The minimum atomic E-state index is -0.521. The van der Waals surface area contributed by atoms with Crippen LogP contribution in [0.5, 0.6) is 0 Å². The summed E-state index contributed by atoms with van der Waals surface area (Å²) in [6.45, 7) is 8.65. The van der Waals surface area contributed by atoms with Crippen molar-refractivity contribution in [2.45, 2.75) is 50.2 Å². The minimum absolute atomic E-state index is 0.227. The van der Waals surface area contributed by atoms with Crippen molar-refractivity contribution >= 4 is 24.3 Å². The summed E-state index contributed by atoms with van der Waals surface area (Å²) in [5, 5.41) is 0. The SMILES string of the molecule is COCCCSc1ccc(B2OC(C)(C)C(C)(C)O2)cc1F. The van der Waals surface area contributed by atoms with Gasteiger partial charge in [0.25, 0.3) is 0 Å². The number of thioether (sulfide) groups is 1. The molecule has 0 bridgehead atoms. The molecule has 0 amide bonds. The molecule has 0 spiro atoms. The van der Waals surface area contributed by atoms with Gasteiger partial charge in [-0.25, -0.2) is 4.39 Å². The van der Waals surface area contributed by atoms with Crippen LogP contribution >= 0.6 is 11.8 Å². The molecule has 3 nitrogen and oxygen atoms in total. The molecule has 122 valence electrons. The van der Waals surface area contributed by atoms with Crippen molar-refractivity contribution in [2.24, 2.45) is 0 Å². The van der Waals surface area contributed by atoms with Crippen LogP contribution in [0, 0.1) is 5.82 Å². The van der Waals surface area contributed by atoms with Crippen LogP contribution < -0.4 is 5.46 Å². The number of hydrogen-bond donors (Lipinski definition) is 0. The van der Waals surface area contributed by atoms with E-state index in [4.69, 9.17) is 14.0 Å². The second-order valence-electron chi connectivity index (χ2n) is 6.47. The van der Waals surface area contributed by atoms with E-state index >= 15 is 0 Å². The molecule has 1 saturated heterocycles. The molecule has 22 heavy (non-hydrogen) atoms. The molecule has 6 heteroatoms. The molecule has 0 N–H and O–H groups in total. The molecule has 0 radical (unpaired) electrons. The Morgan fingerprint density at radius 1 is 1.18 bits per heavy atom. The molecular weight excluding hydrogens is 302 g/mol. The summed E-state index contributed by atoms with van der Waals surface area (Å²) in [5.74, 6) is 0.607. The highest BCUT2D eigenvalue weighted by Crippen LogP contribution is 2.36. The Morgan fingerprint density at radius 3 is 2.36 bits per heavy atom. The zero-order valence-electron chi connectivity index (χ0n) is 13.9. The number of rotatable bonds is 6.